The molecule has 0 radical (unpaired) electrons. The lowest BCUT2D eigenvalue weighted by atomic mass is 10.0. The van der Waals surface area contributed by atoms with Crippen LogP contribution in [0.25, 0.3) is 0 Å². The second-order valence-electron chi connectivity index (χ2n) is 3.96. The zero-order valence-electron chi connectivity index (χ0n) is 9.59. The topological polar surface area (TPSA) is 17.1 Å². The quantitative estimate of drug-likeness (QED) is 0.753. The number of rotatable bonds is 5. The van der Waals surface area contributed by atoms with Crippen molar-refractivity contribution in [3.63, 3.8) is 0 Å². The maximum Gasteiger partial charge on any atom is 0.146 e. The first-order chi connectivity index (χ1) is 7.54. The first kappa shape index (κ1) is 13.4. The normalized spacial score (nSPS) is 12.5. The van der Waals surface area contributed by atoms with Gasteiger partial charge in [0, 0.05) is 6.42 Å². The van der Waals surface area contributed by atoms with Gasteiger partial charge in [0.1, 0.15) is 11.6 Å². The van der Waals surface area contributed by atoms with Gasteiger partial charge in [-0.2, -0.15) is 0 Å². The molecule has 1 aromatic carbocycles. The van der Waals surface area contributed by atoms with Crippen molar-refractivity contribution < 1.29 is 9.18 Å². The third-order valence-corrected chi connectivity index (χ3v) is 3.38. The molecule has 0 aliphatic heterocycles. The zero-order valence-corrected chi connectivity index (χ0v) is 11.2. The highest BCUT2D eigenvalue weighted by Crippen LogP contribution is 2.17. The molecule has 0 amide bonds. The number of hydrogen-bond donors (Lipinski definition) is 0. The summed E-state index contributed by atoms with van der Waals surface area (Å²) in [6, 6.07) is 4.68. The van der Waals surface area contributed by atoms with Gasteiger partial charge >= 0.3 is 0 Å². The Morgan fingerprint density at radius 2 is 2.19 bits per heavy atom. The third-order valence-electron chi connectivity index (χ3n) is 2.55. The molecule has 1 atom stereocenters. The van der Waals surface area contributed by atoms with E-state index in [1.165, 1.54) is 12.1 Å². The van der Waals surface area contributed by atoms with Crippen LogP contribution in [-0.4, -0.2) is 10.6 Å². The molecule has 0 aliphatic carbocycles. The van der Waals surface area contributed by atoms with Crippen molar-refractivity contribution in [3.05, 3.63) is 35.1 Å². The fourth-order valence-electron chi connectivity index (χ4n) is 1.60. The van der Waals surface area contributed by atoms with Crippen LogP contribution in [0.4, 0.5) is 4.39 Å². The molecule has 88 valence electrons. The van der Waals surface area contributed by atoms with Crippen LogP contribution in [0.1, 0.15) is 30.9 Å². The van der Waals surface area contributed by atoms with E-state index in [2.05, 4.69) is 15.9 Å². The van der Waals surface area contributed by atoms with Gasteiger partial charge in [-0.25, -0.2) is 4.39 Å². The van der Waals surface area contributed by atoms with Gasteiger partial charge in [0.25, 0.3) is 0 Å². The summed E-state index contributed by atoms with van der Waals surface area (Å²) in [6.45, 7) is 3.85. The summed E-state index contributed by atoms with van der Waals surface area (Å²) < 4.78 is 12.9. The van der Waals surface area contributed by atoms with E-state index >= 15 is 0 Å². The van der Waals surface area contributed by atoms with Gasteiger partial charge in [-0.15, -0.1) is 0 Å². The number of Topliss-reactive ketones (excluding diaryl/α,β-unsaturated/α-hetero) is 1. The summed E-state index contributed by atoms with van der Waals surface area (Å²) in [7, 11) is 0. The molecule has 1 aromatic rings. The molecular weight excluding hydrogens is 271 g/mol. The van der Waals surface area contributed by atoms with Gasteiger partial charge < -0.3 is 0 Å². The maximum absolute atomic E-state index is 12.9. The number of carbonyl (C=O) groups is 1. The molecule has 0 N–H and O–H groups in total. The number of hydrogen-bond acceptors (Lipinski definition) is 1. The molecular formula is C13H16BrFO. The van der Waals surface area contributed by atoms with Crippen LogP contribution >= 0.6 is 15.9 Å². The van der Waals surface area contributed by atoms with Crippen LogP contribution in [0.3, 0.4) is 0 Å². The van der Waals surface area contributed by atoms with Crippen LogP contribution < -0.4 is 0 Å². The predicted octanol–water partition coefficient (Wildman–Crippen LogP) is 3.81. The first-order valence-corrected chi connectivity index (χ1v) is 6.38. The van der Waals surface area contributed by atoms with Crippen LogP contribution in [0.5, 0.6) is 0 Å². The largest absolute Gasteiger partial charge is 0.298 e. The summed E-state index contributed by atoms with van der Waals surface area (Å²) in [4.78, 5) is 11.4. The molecule has 0 aliphatic rings. The zero-order chi connectivity index (χ0) is 12.1. The molecule has 0 heterocycles. The van der Waals surface area contributed by atoms with Crippen molar-refractivity contribution in [1.82, 2.24) is 0 Å². The van der Waals surface area contributed by atoms with E-state index in [4.69, 9.17) is 0 Å². The van der Waals surface area contributed by atoms with E-state index in [0.717, 1.165) is 17.5 Å². The summed E-state index contributed by atoms with van der Waals surface area (Å²) in [5.74, 6) is -0.0153. The lowest BCUT2D eigenvalue weighted by Gasteiger charge is -2.10. The van der Waals surface area contributed by atoms with Gasteiger partial charge in [0.2, 0.25) is 0 Å². The molecule has 1 nitrogen and oxygen atoms in total. The molecule has 3 heteroatoms. The molecule has 16 heavy (non-hydrogen) atoms. The van der Waals surface area contributed by atoms with Crippen molar-refractivity contribution in [1.29, 1.82) is 0 Å². The Balaban J connectivity index is 2.69. The molecule has 0 fully saturated rings. The van der Waals surface area contributed by atoms with E-state index in [-0.39, 0.29) is 16.4 Å². The van der Waals surface area contributed by atoms with Crippen molar-refractivity contribution in [2.45, 2.75) is 37.9 Å². The molecule has 0 saturated heterocycles. The van der Waals surface area contributed by atoms with Crippen LogP contribution in [0.2, 0.25) is 0 Å². The van der Waals surface area contributed by atoms with Crippen LogP contribution in [0.15, 0.2) is 18.2 Å². The number of aryl methyl sites for hydroxylation is 1. The van der Waals surface area contributed by atoms with Crippen molar-refractivity contribution in [2.75, 3.05) is 0 Å². The lowest BCUT2D eigenvalue weighted by Crippen LogP contribution is -2.16. The highest BCUT2D eigenvalue weighted by molar-refractivity contribution is 9.10. The van der Waals surface area contributed by atoms with Crippen molar-refractivity contribution >= 4 is 21.7 Å². The highest BCUT2D eigenvalue weighted by atomic mass is 79.9. The lowest BCUT2D eigenvalue weighted by molar-refractivity contribution is -0.118. The average Bonchev–Trinajstić information content (AvgIpc) is 2.22. The van der Waals surface area contributed by atoms with Gasteiger partial charge in [-0.1, -0.05) is 28.9 Å². The smallest absolute Gasteiger partial charge is 0.146 e. The minimum Gasteiger partial charge on any atom is -0.298 e. The molecule has 1 rings (SSSR count). The van der Waals surface area contributed by atoms with Crippen LogP contribution in [-0.2, 0) is 11.2 Å². The fraction of sp³-hybridized carbons (Fsp3) is 0.462. The molecule has 1 unspecified atom stereocenters. The Hall–Kier alpha value is -0.700. The van der Waals surface area contributed by atoms with Gasteiger partial charge in [0.15, 0.2) is 0 Å². The van der Waals surface area contributed by atoms with Crippen molar-refractivity contribution in [3.8, 4) is 0 Å². The van der Waals surface area contributed by atoms with Gasteiger partial charge in [-0.05, 0) is 43.0 Å². The number of halogens is 2. The summed E-state index contributed by atoms with van der Waals surface area (Å²) >= 11 is 3.39. The third kappa shape index (κ3) is 3.71. The van der Waals surface area contributed by atoms with E-state index in [1.54, 1.807) is 6.07 Å². The Kier molecular flexibility index (Phi) is 5.13. The minimum atomic E-state index is -0.229. The summed E-state index contributed by atoms with van der Waals surface area (Å²) in [5.41, 5.74) is 1.92. The number of ketones is 1. The van der Waals surface area contributed by atoms with Crippen molar-refractivity contribution in [2.24, 2.45) is 0 Å². The first-order valence-electron chi connectivity index (χ1n) is 5.46. The van der Waals surface area contributed by atoms with E-state index in [9.17, 15) is 9.18 Å². The second kappa shape index (κ2) is 6.14. The standard InChI is InChI=1S/C13H16BrFO/c1-3-4-13(16)12(14)8-10-5-6-11(15)7-9(10)2/h5-7,12H,3-4,8H2,1-2H3. The molecule has 0 spiro atoms. The molecule has 0 saturated carbocycles. The van der Waals surface area contributed by atoms with Gasteiger partial charge in [-0.3, -0.25) is 4.79 Å². The average molecular weight is 287 g/mol. The minimum absolute atomic E-state index is 0.156. The molecule has 0 aromatic heterocycles. The fourth-order valence-corrected chi connectivity index (χ4v) is 2.18. The summed E-state index contributed by atoms with van der Waals surface area (Å²) in [6.07, 6.45) is 2.09. The second-order valence-corrected chi connectivity index (χ2v) is 5.06. The van der Waals surface area contributed by atoms with Crippen LogP contribution in [0, 0.1) is 12.7 Å². The van der Waals surface area contributed by atoms with Gasteiger partial charge in [0.05, 0.1) is 4.83 Å². The predicted molar refractivity (Wildman–Crippen MR) is 67.5 cm³/mol. The Morgan fingerprint density at radius 3 is 2.75 bits per heavy atom. The highest BCUT2D eigenvalue weighted by Gasteiger charge is 2.15. The Morgan fingerprint density at radius 1 is 1.50 bits per heavy atom. The maximum atomic E-state index is 12.9. The number of benzene rings is 1. The number of alkyl halides is 1. The molecule has 0 bridgehead atoms. The van der Waals surface area contributed by atoms with E-state index in [0.29, 0.717) is 12.8 Å². The summed E-state index contributed by atoms with van der Waals surface area (Å²) in [5, 5.41) is 0. The van der Waals surface area contributed by atoms with E-state index < -0.39 is 0 Å². The Bertz CT molecular complexity index is 376. The monoisotopic (exact) mass is 286 g/mol. The Labute approximate surface area is 104 Å². The number of carbonyl (C=O) groups excluding carboxylic acids is 1. The SMILES string of the molecule is CCCC(=O)C(Br)Cc1ccc(F)cc1C. The van der Waals surface area contributed by atoms with E-state index in [1.807, 2.05) is 13.8 Å².